The molecule has 14 aromatic carbocycles. The molecule has 17 aromatic rings. The maximum atomic E-state index is 2.74. The zero-order chi connectivity index (χ0) is 78.5. The molecule has 0 unspecified atom stereocenters. The molecule has 5 heterocycles. The third kappa shape index (κ3) is 11.7. The molecule has 4 nitrogen and oxygen atoms in total. The summed E-state index contributed by atoms with van der Waals surface area (Å²) in [7, 11) is 0. The number of para-hydroxylation sites is 4. The van der Waals surface area contributed by atoms with E-state index in [1.54, 1.807) is 0 Å². The van der Waals surface area contributed by atoms with Crippen LogP contribution >= 0.6 is 0 Å². The normalized spacial score (nSPS) is 13.5. The Morgan fingerprint density at radius 3 is 1.12 bits per heavy atom. The lowest BCUT2D eigenvalue weighted by molar-refractivity contribution is 0.568. The van der Waals surface area contributed by atoms with Gasteiger partial charge in [0.2, 0.25) is 0 Å². The van der Waals surface area contributed by atoms with Crippen molar-refractivity contribution in [1.82, 2.24) is 8.97 Å². The highest BCUT2D eigenvalue weighted by Gasteiger charge is 2.46. The monoisotopic (exact) mass is 1460 g/mol. The van der Waals surface area contributed by atoms with Crippen molar-refractivity contribution in [3.8, 4) is 39.1 Å². The van der Waals surface area contributed by atoms with Crippen LogP contribution in [0.2, 0.25) is 0 Å². The van der Waals surface area contributed by atoms with Crippen molar-refractivity contribution in [2.75, 3.05) is 9.80 Å². The average Bonchev–Trinajstić information content (AvgIpc) is 1.45. The Morgan fingerprint density at radius 1 is 0.221 bits per heavy atom. The van der Waals surface area contributed by atoms with Crippen LogP contribution in [0.15, 0.2) is 285 Å². The van der Waals surface area contributed by atoms with E-state index in [9.17, 15) is 0 Å². The second-order valence-electron chi connectivity index (χ2n) is 38.6. The Hall–Kier alpha value is -11.7. The molecule has 0 fully saturated rings. The van der Waals surface area contributed by atoms with Crippen molar-refractivity contribution in [3.05, 3.63) is 318 Å². The molecule has 2 aliphatic rings. The maximum Gasteiger partial charge on any atom is 0.252 e. The molecule has 0 radical (unpaired) electrons. The summed E-state index contributed by atoms with van der Waals surface area (Å²) >= 11 is 0. The molecule has 0 atom stereocenters. The number of fused-ring (bicyclic) bond motifs is 17. The van der Waals surface area contributed by atoms with Crippen molar-refractivity contribution >= 4 is 139 Å². The summed E-state index contributed by atoms with van der Waals surface area (Å²) in [5.74, 6) is 0. The number of aromatic nitrogens is 2. The quantitative estimate of drug-likeness (QED) is 0.154. The zero-order valence-corrected chi connectivity index (χ0v) is 69.0. The Balaban J connectivity index is 1.05. The van der Waals surface area contributed by atoms with Gasteiger partial charge >= 0.3 is 0 Å². The SMILES string of the molecule is CC(C)(C)c1cc(-c2ccccc2N2c3ccc(-c4ccccc4)cc3B3c4cc5c6ccccc6c6ccccc6c6cccc7c8ccccc8n(c5cc4N(c4ccccc4-c4cc(C(C)(C)C)cc(C(C)(C)C)c4)c4cc(-n5c8ccc(C(C)(C)C)cc8c8cc(C(C)(C)C)ccc85)cc2c43)c67)cc(C(C)(C)C)c1. The largest absolute Gasteiger partial charge is 0.311 e. The first-order valence-electron chi connectivity index (χ1n) is 40.8. The summed E-state index contributed by atoms with van der Waals surface area (Å²) in [6.45, 7) is 42.2. The van der Waals surface area contributed by atoms with Gasteiger partial charge < -0.3 is 18.8 Å². The van der Waals surface area contributed by atoms with Crippen LogP contribution in [0.25, 0.3) is 121 Å². The van der Waals surface area contributed by atoms with E-state index < -0.39 is 0 Å². The molecule has 19 rings (SSSR count). The Morgan fingerprint density at radius 2 is 0.619 bits per heavy atom. The summed E-state index contributed by atoms with van der Waals surface area (Å²) in [5, 5.41) is 12.1. The van der Waals surface area contributed by atoms with Crippen molar-refractivity contribution < 1.29 is 0 Å². The van der Waals surface area contributed by atoms with Crippen LogP contribution in [-0.2, 0) is 32.5 Å². The summed E-state index contributed by atoms with van der Waals surface area (Å²) < 4.78 is 5.27. The van der Waals surface area contributed by atoms with E-state index in [1.165, 1.54) is 148 Å². The molecule has 3 aromatic heterocycles. The molecule has 0 spiro atoms. The Kier molecular flexibility index (Phi) is 16.1. The number of nitrogens with zero attached hydrogens (tertiary/aromatic N) is 4. The first-order chi connectivity index (χ1) is 53.8. The van der Waals surface area contributed by atoms with Gasteiger partial charge in [0.05, 0.1) is 44.6 Å². The first-order valence-corrected chi connectivity index (χ1v) is 40.8. The minimum Gasteiger partial charge on any atom is -0.311 e. The highest BCUT2D eigenvalue weighted by molar-refractivity contribution is 7.00. The lowest BCUT2D eigenvalue weighted by Gasteiger charge is -2.45. The topological polar surface area (TPSA) is 15.8 Å². The molecule has 556 valence electrons. The van der Waals surface area contributed by atoms with Gasteiger partial charge in [0.15, 0.2) is 0 Å². The van der Waals surface area contributed by atoms with E-state index >= 15 is 0 Å². The second-order valence-corrected chi connectivity index (χ2v) is 38.6. The van der Waals surface area contributed by atoms with Crippen molar-refractivity contribution in [2.24, 2.45) is 0 Å². The van der Waals surface area contributed by atoms with Gasteiger partial charge in [-0.15, -0.1) is 0 Å². The van der Waals surface area contributed by atoms with Crippen molar-refractivity contribution in [1.29, 1.82) is 0 Å². The fourth-order valence-corrected chi connectivity index (χ4v) is 18.6. The standard InChI is InChI=1S/C108H101BN4/c1-103(2,3)70-48-51-94-86(60-70)87-61-71(104(4,5)6)49-52-95(87)110(94)76-62-99-101-100(63-76)112(92-45-30-27-36-78(92)69-55-74(107(13,14)15)59-75(56-69)108(16,17)18)98-65-97-88(82-40-25-23-38-80(82)79-37-22-24-39-81(79)84-42-32-43-85-83-41-28-31-46-93(83)113(97)102(84)85)64-90(98)109(101)89-57-67(66-33-20-19-21-34-66)47-50-96(89)111(99)91-44-29-26-35-77(91)68-53-72(105(7,8)9)58-73(54-68)106(10,11)12/h19-65H,1-18H3. The van der Waals surface area contributed by atoms with Crippen molar-refractivity contribution in [3.63, 3.8) is 0 Å². The molecule has 0 N–H and O–H groups in total. The number of benzene rings is 14. The molecule has 5 heteroatoms. The number of rotatable bonds is 6. The average molecular weight is 1470 g/mol. The van der Waals surface area contributed by atoms with Gasteiger partial charge in [0.25, 0.3) is 6.71 Å². The number of anilines is 6. The summed E-state index contributed by atoms with van der Waals surface area (Å²) in [5.41, 5.74) is 31.6. The minimum absolute atomic E-state index is 0.0956. The van der Waals surface area contributed by atoms with Gasteiger partial charge in [-0.1, -0.05) is 343 Å². The van der Waals surface area contributed by atoms with Crippen LogP contribution in [0.4, 0.5) is 34.1 Å². The van der Waals surface area contributed by atoms with E-state index in [2.05, 4.69) is 429 Å². The van der Waals surface area contributed by atoms with Gasteiger partial charge in [-0.25, -0.2) is 0 Å². The first kappa shape index (κ1) is 71.6. The van der Waals surface area contributed by atoms with Gasteiger partial charge in [-0.05, 0) is 193 Å². The van der Waals surface area contributed by atoms with Gasteiger partial charge in [-0.3, -0.25) is 0 Å². The molecular weight excluding hydrogens is 1360 g/mol. The van der Waals surface area contributed by atoms with Crippen LogP contribution in [0, 0.1) is 0 Å². The van der Waals surface area contributed by atoms with Crippen LogP contribution in [0.5, 0.6) is 0 Å². The Bertz CT molecular complexity index is 6740. The molecule has 0 aliphatic carbocycles. The summed E-state index contributed by atoms with van der Waals surface area (Å²) in [6, 6.07) is 112. The molecule has 2 aliphatic heterocycles. The fraction of sp³-hybridized carbons (Fsp3) is 0.222. The predicted octanol–water partition coefficient (Wildman–Crippen LogP) is 28.2. The minimum atomic E-state index is -0.309. The smallest absolute Gasteiger partial charge is 0.252 e. The van der Waals surface area contributed by atoms with E-state index in [4.69, 9.17) is 0 Å². The molecule has 0 saturated carbocycles. The summed E-state index contributed by atoms with van der Waals surface area (Å²) in [4.78, 5) is 5.44. The fourth-order valence-electron chi connectivity index (χ4n) is 18.6. The van der Waals surface area contributed by atoms with Gasteiger partial charge in [0.1, 0.15) is 0 Å². The van der Waals surface area contributed by atoms with Crippen molar-refractivity contribution in [2.45, 2.75) is 157 Å². The predicted molar refractivity (Wildman–Crippen MR) is 491 cm³/mol. The number of hydrogen-bond acceptors (Lipinski definition) is 2. The third-order valence-corrected chi connectivity index (χ3v) is 24.9. The van der Waals surface area contributed by atoms with Crippen LogP contribution in [0.3, 0.4) is 0 Å². The molecule has 113 heavy (non-hydrogen) atoms. The molecular formula is C108H101BN4. The highest BCUT2D eigenvalue weighted by Crippen LogP contribution is 2.53. The van der Waals surface area contributed by atoms with Crippen LogP contribution in [-0.4, -0.2) is 15.7 Å². The Labute approximate surface area is 667 Å². The van der Waals surface area contributed by atoms with Crippen LogP contribution in [0.1, 0.15) is 158 Å². The lowest BCUT2D eigenvalue weighted by Crippen LogP contribution is -2.61. The maximum absolute atomic E-state index is 2.74. The number of hydrogen-bond donors (Lipinski definition) is 0. The highest BCUT2D eigenvalue weighted by atomic mass is 15.2. The summed E-state index contributed by atoms with van der Waals surface area (Å²) in [6.07, 6.45) is 0. The van der Waals surface area contributed by atoms with E-state index in [-0.39, 0.29) is 39.2 Å². The zero-order valence-electron chi connectivity index (χ0n) is 69.0. The molecule has 0 saturated heterocycles. The van der Waals surface area contributed by atoms with Gasteiger partial charge in [-0.2, -0.15) is 0 Å². The molecule has 0 amide bonds. The lowest BCUT2D eigenvalue weighted by atomic mass is 9.33. The second kappa shape index (κ2) is 25.4. The van der Waals surface area contributed by atoms with E-state index in [1.807, 2.05) is 0 Å². The third-order valence-electron chi connectivity index (χ3n) is 24.9. The van der Waals surface area contributed by atoms with E-state index in [0.717, 1.165) is 56.4 Å². The molecule has 0 bridgehead atoms. The van der Waals surface area contributed by atoms with Gasteiger partial charge in [0, 0.05) is 66.2 Å². The van der Waals surface area contributed by atoms with Crippen LogP contribution < -0.4 is 26.2 Å². The van der Waals surface area contributed by atoms with E-state index in [0.29, 0.717) is 0 Å².